The van der Waals surface area contributed by atoms with E-state index in [4.69, 9.17) is 21.3 Å². The van der Waals surface area contributed by atoms with Crippen LogP contribution in [0.2, 0.25) is 5.02 Å². The highest BCUT2D eigenvalue weighted by molar-refractivity contribution is 6.30. The quantitative estimate of drug-likeness (QED) is 0.215. The first kappa shape index (κ1) is 23.6. The van der Waals surface area contributed by atoms with Crippen LogP contribution < -0.4 is 10.1 Å². The van der Waals surface area contributed by atoms with Crippen molar-refractivity contribution < 1.29 is 9.53 Å². The average molecular weight is 474 g/mol. The van der Waals surface area contributed by atoms with Crippen LogP contribution in [0.15, 0.2) is 85.5 Å². The molecular weight excluding hydrogens is 446 g/mol. The van der Waals surface area contributed by atoms with Crippen molar-refractivity contribution in [2.45, 2.75) is 32.4 Å². The van der Waals surface area contributed by atoms with Gasteiger partial charge in [0.1, 0.15) is 11.6 Å². The fourth-order valence-electron chi connectivity index (χ4n) is 3.98. The molecule has 0 saturated carbocycles. The number of benzene rings is 3. The SMILES string of the molecule is C=CCc1ccccc1OCCCn1c(C(C)NC(=O)c2ccc(Cl)cc2)nc2ccccc21. The molecule has 0 spiro atoms. The summed E-state index contributed by atoms with van der Waals surface area (Å²) in [5, 5.41) is 3.66. The Morgan fingerprint density at radius 2 is 1.85 bits per heavy atom. The number of halogens is 1. The molecule has 1 amide bonds. The van der Waals surface area contributed by atoms with Gasteiger partial charge >= 0.3 is 0 Å². The summed E-state index contributed by atoms with van der Waals surface area (Å²) in [5.74, 6) is 1.54. The summed E-state index contributed by atoms with van der Waals surface area (Å²) in [7, 11) is 0. The molecule has 0 aliphatic rings. The summed E-state index contributed by atoms with van der Waals surface area (Å²) >= 11 is 5.95. The number of imidazole rings is 1. The fraction of sp³-hybridized carbons (Fsp3) is 0.214. The molecule has 1 unspecified atom stereocenters. The molecule has 1 aromatic heterocycles. The number of allylic oxidation sites excluding steroid dienone is 1. The van der Waals surface area contributed by atoms with E-state index in [9.17, 15) is 4.79 Å². The van der Waals surface area contributed by atoms with Crippen LogP contribution in [0.1, 0.15) is 41.1 Å². The number of rotatable bonds is 10. The molecule has 0 aliphatic carbocycles. The van der Waals surface area contributed by atoms with Crippen molar-refractivity contribution in [1.82, 2.24) is 14.9 Å². The van der Waals surface area contributed by atoms with E-state index >= 15 is 0 Å². The molecule has 0 saturated heterocycles. The lowest BCUT2D eigenvalue weighted by Gasteiger charge is -2.17. The highest BCUT2D eigenvalue weighted by atomic mass is 35.5. The van der Waals surface area contributed by atoms with E-state index < -0.39 is 0 Å². The van der Waals surface area contributed by atoms with Gasteiger partial charge in [-0.15, -0.1) is 6.58 Å². The Balaban J connectivity index is 1.47. The Morgan fingerprint density at radius 1 is 1.12 bits per heavy atom. The van der Waals surface area contributed by atoms with Crippen LogP contribution in [-0.2, 0) is 13.0 Å². The highest BCUT2D eigenvalue weighted by Crippen LogP contribution is 2.23. The fourth-order valence-corrected chi connectivity index (χ4v) is 4.11. The standard InChI is InChI=1S/C28H28ClN3O2/c1-3-9-21-10-4-7-13-26(21)34-19-8-18-32-25-12-6-5-11-24(25)31-27(32)20(2)30-28(33)22-14-16-23(29)17-15-22/h3-7,10-17,20H,1,8-9,18-19H2,2H3,(H,30,33). The Kier molecular flexibility index (Phi) is 7.65. The molecule has 0 bridgehead atoms. The molecule has 3 aromatic carbocycles. The molecule has 174 valence electrons. The van der Waals surface area contributed by atoms with Crippen molar-refractivity contribution in [2.24, 2.45) is 0 Å². The molecule has 4 aromatic rings. The summed E-state index contributed by atoms with van der Waals surface area (Å²) in [6.45, 7) is 7.07. The van der Waals surface area contributed by atoms with E-state index in [1.165, 1.54) is 0 Å². The normalized spacial score (nSPS) is 11.8. The molecule has 0 radical (unpaired) electrons. The summed E-state index contributed by atoms with van der Waals surface area (Å²) in [6.07, 6.45) is 3.46. The zero-order valence-electron chi connectivity index (χ0n) is 19.2. The molecule has 1 heterocycles. The van der Waals surface area contributed by atoms with Gasteiger partial charge < -0.3 is 14.6 Å². The van der Waals surface area contributed by atoms with Gasteiger partial charge in [-0.25, -0.2) is 4.98 Å². The maximum absolute atomic E-state index is 12.8. The maximum Gasteiger partial charge on any atom is 0.251 e. The first-order valence-electron chi connectivity index (χ1n) is 11.4. The average Bonchev–Trinajstić information content (AvgIpc) is 3.22. The predicted octanol–water partition coefficient (Wildman–Crippen LogP) is 6.38. The van der Waals surface area contributed by atoms with Crippen molar-refractivity contribution in [3.05, 3.63) is 107 Å². The molecular formula is C28H28ClN3O2. The lowest BCUT2D eigenvalue weighted by molar-refractivity contribution is 0.0937. The molecule has 4 rings (SSSR count). The van der Waals surface area contributed by atoms with E-state index in [-0.39, 0.29) is 11.9 Å². The second kappa shape index (κ2) is 11.0. The van der Waals surface area contributed by atoms with Crippen molar-refractivity contribution in [2.75, 3.05) is 6.61 Å². The van der Waals surface area contributed by atoms with Gasteiger partial charge in [-0.1, -0.05) is 48.0 Å². The number of hydrogen-bond donors (Lipinski definition) is 1. The van der Waals surface area contributed by atoms with Gasteiger partial charge in [-0.05, 0) is 67.8 Å². The number of nitrogens with zero attached hydrogens (tertiary/aromatic N) is 2. The van der Waals surface area contributed by atoms with Gasteiger partial charge in [0, 0.05) is 17.1 Å². The van der Waals surface area contributed by atoms with E-state index in [0.717, 1.165) is 47.6 Å². The largest absolute Gasteiger partial charge is 0.493 e. The van der Waals surface area contributed by atoms with Crippen molar-refractivity contribution in [1.29, 1.82) is 0 Å². The second-order valence-electron chi connectivity index (χ2n) is 8.11. The third kappa shape index (κ3) is 5.49. The van der Waals surface area contributed by atoms with Crippen LogP contribution in [0, 0.1) is 0 Å². The van der Waals surface area contributed by atoms with E-state index in [2.05, 4.69) is 28.6 Å². The Morgan fingerprint density at radius 3 is 2.65 bits per heavy atom. The highest BCUT2D eigenvalue weighted by Gasteiger charge is 2.19. The van der Waals surface area contributed by atoms with Gasteiger partial charge in [0.05, 0.1) is 23.7 Å². The number of aromatic nitrogens is 2. The number of para-hydroxylation sites is 3. The van der Waals surface area contributed by atoms with E-state index in [1.54, 1.807) is 24.3 Å². The molecule has 6 heteroatoms. The minimum Gasteiger partial charge on any atom is -0.493 e. The van der Waals surface area contributed by atoms with Gasteiger partial charge in [0.2, 0.25) is 0 Å². The molecule has 0 fully saturated rings. The number of amides is 1. The number of hydrogen-bond acceptors (Lipinski definition) is 3. The second-order valence-corrected chi connectivity index (χ2v) is 8.55. The van der Waals surface area contributed by atoms with Crippen molar-refractivity contribution in [3.8, 4) is 5.75 Å². The predicted molar refractivity (Wildman–Crippen MR) is 138 cm³/mol. The van der Waals surface area contributed by atoms with Crippen LogP contribution in [0.25, 0.3) is 11.0 Å². The first-order chi connectivity index (χ1) is 16.6. The van der Waals surface area contributed by atoms with Gasteiger partial charge in [0.15, 0.2) is 0 Å². The third-order valence-corrected chi connectivity index (χ3v) is 5.90. The Labute approximate surface area is 205 Å². The molecule has 0 aliphatic heterocycles. The lowest BCUT2D eigenvalue weighted by Crippen LogP contribution is -2.28. The van der Waals surface area contributed by atoms with Crippen LogP contribution in [0.3, 0.4) is 0 Å². The zero-order chi connectivity index (χ0) is 23.9. The van der Waals surface area contributed by atoms with Crippen LogP contribution >= 0.6 is 11.6 Å². The van der Waals surface area contributed by atoms with Crippen LogP contribution in [0.5, 0.6) is 5.75 Å². The van der Waals surface area contributed by atoms with Crippen molar-refractivity contribution >= 4 is 28.5 Å². The molecule has 1 atom stereocenters. The Bertz CT molecular complexity index is 1280. The summed E-state index contributed by atoms with van der Waals surface area (Å²) in [6, 6.07) is 22.6. The number of carbonyl (C=O) groups excluding carboxylic acids is 1. The molecule has 5 nitrogen and oxygen atoms in total. The molecule has 34 heavy (non-hydrogen) atoms. The van der Waals surface area contributed by atoms with Gasteiger partial charge in [-0.2, -0.15) is 0 Å². The van der Waals surface area contributed by atoms with Crippen molar-refractivity contribution in [3.63, 3.8) is 0 Å². The number of carbonyl (C=O) groups is 1. The monoisotopic (exact) mass is 473 g/mol. The minimum atomic E-state index is -0.273. The third-order valence-electron chi connectivity index (χ3n) is 5.65. The number of aryl methyl sites for hydroxylation is 1. The lowest BCUT2D eigenvalue weighted by atomic mass is 10.1. The number of ether oxygens (including phenoxy) is 1. The van der Waals surface area contributed by atoms with Crippen LogP contribution in [-0.4, -0.2) is 22.1 Å². The summed E-state index contributed by atoms with van der Waals surface area (Å²) < 4.78 is 8.24. The van der Waals surface area contributed by atoms with Gasteiger partial charge in [0.25, 0.3) is 5.91 Å². The summed E-state index contributed by atoms with van der Waals surface area (Å²) in [4.78, 5) is 17.6. The topological polar surface area (TPSA) is 56.1 Å². The number of fused-ring (bicyclic) bond motifs is 1. The van der Waals surface area contributed by atoms with E-state index in [0.29, 0.717) is 17.2 Å². The summed E-state index contributed by atoms with van der Waals surface area (Å²) in [5.41, 5.74) is 3.63. The zero-order valence-corrected chi connectivity index (χ0v) is 20.0. The maximum atomic E-state index is 12.8. The molecule has 1 N–H and O–H groups in total. The minimum absolute atomic E-state index is 0.162. The number of nitrogens with one attached hydrogen (secondary N) is 1. The smallest absolute Gasteiger partial charge is 0.251 e. The first-order valence-corrected chi connectivity index (χ1v) is 11.8. The van der Waals surface area contributed by atoms with Gasteiger partial charge in [-0.3, -0.25) is 4.79 Å². The van der Waals surface area contributed by atoms with Crippen LogP contribution in [0.4, 0.5) is 0 Å². The Hall–Kier alpha value is -3.57. The van der Waals surface area contributed by atoms with E-state index in [1.807, 2.05) is 49.4 Å².